The van der Waals surface area contributed by atoms with Crippen LogP contribution >= 0.6 is 0 Å². The number of hydrogen-bond donors (Lipinski definition) is 1. The molecule has 148 valence electrons. The van der Waals surface area contributed by atoms with Crippen LogP contribution in [-0.2, 0) is 14.3 Å². The highest BCUT2D eigenvalue weighted by atomic mass is 32.2. The van der Waals surface area contributed by atoms with E-state index in [1.165, 1.54) is 26.4 Å². The molecule has 0 saturated heterocycles. The molecule has 2 aromatic rings. The monoisotopic (exact) mass is 396 g/mol. The Morgan fingerprint density at radius 1 is 0.926 bits per heavy atom. The highest BCUT2D eigenvalue weighted by molar-refractivity contribution is 7.86. The van der Waals surface area contributed by atoms with E-state index in [1.54, 1.807) is 24.3 Å². The van der Waals surface area contributed by atoms with Crippen LogP contribution in [0.1, 0.15) is 11.1 Å². The van der Waals surface area contributed by atoms with Crippen molar-refractivity contribution in [2.24, 2.45) is 0 Å². The molecule has 8 heteroatoms. The van der Waals surface area contributed by atoms with Gasteiger partial charge in [0.25, 0.3) is 10.1 Å². The van der Waals surface area contributed by atoms with Crippen molar-refractivity contribution in [3.05, 3.63) is 47.5 Å². The standard InChI is InChI=1S/C19H24O7S/c1-13-5-7-16(8-6-13)27(21,22)26-12-15(20)11-25-19-10-17(23-3)14(2)9-18(19)24-4/h5-10,15,20H,11-12H2,1-4H3. The fourth-order valence-corrected chi connectivity index (χ4v) is 3.25. The fourth-order valence-electron chi connectivity index (χ4n) is 2.31. The first-order chi connectivity index (χ1) is 12.8. The molecule has 0 aliphatic rings. The predicted octanol–water partition coefficient (Wildman–Crippen LogP) is 2.47. The van der Waals surface area contributed by atoms with Crippen molar-refractivity contribution in [1.29, 1.82) is 0 Å². The van der Waals surface area contributed by atoms with Crippen LogP contribution in [0.25, 0.3) is 0 Å². The van der Waals surface area contributed by atoms with E-state index in [1.807, 2.05) is 13.8 Å². The van der Waals surface area contributed by atoms with E-state index in [0.29, 0.717) is 17.2 Å². The predicted molar refractivity (Wildman–Crippen MR) is 100 cm³/mol. The van der Waals surface area contributed by atoms with Crippen LogP contribution in [0.5, 0.6) is 17.2 Å². The lowest BCUT2D eigenvalue weighted by Gasteiger charge is -2.16. The maximum Gasteiger partial charge on any atom is 0.297 e. The van der Waals surface area contributed by atoms with Crippen molar-refractivity contribution < 1.29 is 31.9 Å². The summed E-state index contributed by atoms with van der Waals surface area (Å²) in [6, 6.07) is 9.65. The zero-order chi connectivity index (χ0) is 20.0. The minimum absolute atomic E-state index is 0.0335. The van der Waals surface area contributed by atoms with Gasteiger partial charge in [0.1, 0.15) is 18.5 Å². The average molecular weight is 396 g/mol. The lowest BCUT2D eigenvalue weighted by molar-refractivity contribution is 0.0637. The quantitative estimate of drug-likeness (QED) is 0.651. The molecule has 1 unspecified atom stereocenters. The first kappa shape index (κ1) is 21.0. The summed E-state index contributed by atoms with van der Waals surface area (Å²) in [4.78, 5) is 0.0335. The van der Waals surface area contributed by atoms with Crippen molar-refractivity contribution >= 4 is 10.1 Å². The van der Waals surface area contributed by atoms with Crippen molar-refractivity contribution in [3.8, 4) is 17.2 Å². The number of rotatable bonds is 9. The molecule has 27 heavy (non-hydrogen) atoms. The van der Waals surface area contributed by atoms with E-state index in [2.05, 4.69) is 0 Å². The summed E-state index contributed by atoms with van der Waals surface area (Å²) < 4.78 is 45.2. The molecule has 0 radical (unpaired) electrons. The Hall–Kier alpha value is -2.29. The van der Waals surface area contributed by atoms with Gasteiger partial charge in [0.05, 0.1) is 25.7 Å². The van der Waals surface area contributed by atoms with Crippen molar-refractivity contribution in [2.45, 2.75) is 24.8 Å². The van der Waals surface area contributed by atoms with Crippen molar-refractivity contribution in [1.82, 2.24) is 0 Å². The van der Waals surface area contributed by atoms with Gasteiger partial charge in [-0.15, -0.1) is 0 Å². The van der Waals surface area contributed by atoms with Gasteiger partial charge in [-0.05, 0) is 37.6 Å². The number of hydrogen-bond acceptors (Lipinski definition) is 7. The van der Waals surface area contributed by atoms with Gasteiger partial charge in [-0.1, -0.05) is 17.7 Å². The molecule has 1 N–H and O–H groups in total. The maximum atomic E-state index is 12.1. The van der Waals surface area contributed by atoms with Gasteiger partial charge in [-0.25, -0.2) is 0 Å². The van der Waals surface area contributed by atoms with Crippen LogP contribution in [0.3, 0.4) is 0 Å². The largest absolute Gasteiger partial charge is 0.496 e. The molecule has 0 aliphatic carbocycles. The lowest BCUT2D eigenvalue weighted by atomic mass is 10.2. The Balaban J connectivity index is 1.96. The second-order valence-electron chi connectivity index (χ2n) is 5.99. The van der Waals surface area contributed by atoms with Crippen LogP contribution in [-0.4, -0.2) is 47.1 Å². The van der Waals surface area contributed by atoms with Crippen LogP contribution in [0, 0.1) is 13.8 Å². The summed E-state index contributed by atoms with van der Waals surface area (Å²) in [6.07, 6.45) is -1.15. The molecule has 0 aromatic heterocycles. The van der Waals surface area contributed by atoms with Crippen LogP contribution in [0.4, 0.5) is 0 Å². The molecule has 0 aliphatic heterocycles. The number of methoxy groups -OCH3 is 2. The number of ether oxygens (including phenoxy) is 3. The lowest BCUT2D eigenvalue weighted by Crippen LogP contribution is -2.25. The summed E-state index contributed by atoms with van der Waals surface area (Å²) in [5, 5.41) is 10.0. The fraction of sp³-hybridized carbons (Fsp3) is 0.368. The summed E-state index contributed by atoms with van der Waals surface area (Å²) in [7, 11) is -0.904. The Labute approximate surface area is 159 Å². The first-order valence-corrected chi connectivity index (χ1v) is 9.67. The van der Waals surface area contributed by atoms with Crippen molar-refractivity contribution in [3.63, 3.8) is 0 Å². The SMILES string of the molecule is COc1cc(OCC(O)COS(=O)(=O)c2ccc(C)cc2)c(OC)cc1C. The summed E-state index contributed by atoms with van der Waals surface area (Å²) in [5.74, 6) is 1.47. The molecular weight excluding hydrogens is 372 g/mol. The number of benzene rings is 2. The number of aliphatic hydroxyl groups excluding tert-OH is 1. The highest BCUT2D eigenvalue weighted by Crippen LogP contribution is 2.34. The highest BCUT2D eigenvalue weighted by Gasteiger charge is 2.18. The zero-order valence-corrected chi connectivity index (χ0v) is 16.6. The molecule has 2 rings (SSSR count). The summed E-state index contributed by atoms with van der Waals surface area (Å²) in [6.45, 7) is 3.12. The van der Waals surface area contributed by atoms with Gasteiger partial charge in [0, 0.05) is 6.07 Å². The van der Waals surface area contributed by atoms with Crippen LogP contribution in [0.2, 0.25) is 0 Å². The minimum atomic E-state index is -3.94. The van der Waals surface area contributed by atoms with Crippen molar-refractivity contribution in [2.75, 3.05) is 27.4 Å². The van der Waals surface area contributed by atoms with E-state index in [-0.39, 0.29) is 11.5 Å². The molecule has 0 fully saturated rings. The van der Waals surface area contributed by atoms with Gasteiger partial charge in [0.2, 0.25) is 0 Å². The van der Waals surface area contributed by atoms with E-state index in [9.17, 15) is 13.5 Å². The maximum absolute atomic E-state index is 12.1. The molecule has 0 amide bonds. The Kier molecular flexibility index (Phi) is 7.06. The van der Waals surface area contributed by atoms with E-state index in [0.717, 1.165) is 11.1 Å². The molecule has 1 atom stereocenters. The average Bonchev–Trinajstić information content (AvgIpc) is 2.65. The summed E-state index contributed by atoms with van der Waals surface area (Å²) in [5.41, 5.74) is 1.81. The third-order valence-electron chi connectivity index (χ3n) is 3.84. The van der Waals surface area contributed by atoms with Gasteiger partial charge in [-0.2, -0.15) is 8.42 Å². The number of aryl methyl sites for hydroxylation is 2. The molecule has 0 saturated carbocycles. The summed E-state index contributed by atoms with van der Waals surface area (Å²) >= 11 is 0. The Morgan fingerprint density at radius 3 is 2.15 bits per heavy atom. The first-order valence-electron chi connectivity index (χ1n) is 8.26. The topological polar surface area (TPSA) is 91.3 Å². The van der Waals surface area contributed by atoms with Gasteiger partial charge >= 0.3 is 0 Å². The van der Waals surface area contributed by atoms with Gasteiger partial charge in [0.15, 0.2) is 11.5 Å². The second kappa shape index (κ2) is 9.07. The number of aliphatic hydroxyl groups is 1. The van der Waals surface area contributed by atoms with Crippen LogP contribution < -0.4 is 14.2 Å². The normalized spacial score (nSPS) is 12.5. The molecule has 2 aromatic carbocycles. The molecular formula is C19H24O7S. The minimum Gasteiger partial charge on any atom is -0.496 e. The van der Waals surface area contributed by atoms with Crippen LogP contribution in [0.15, 0.2) is 41.3 Å². The van der Waals surface area contributed by atoms with Gasteiger partial charge in [-0.3, -0.25) is 4.18 Å². The third kappa shape index (κ3) is 5.59. The van der Waals surface area contributed by atoms with E-state index < -0.39 is 22.8 Å². The smallest absolute Gasteiger partial charge is 0.297 e. The molecule has 7 nitrogen and oxygen atoms in total. The molecule has 0 heterocycles. The van der Waals surface area contributed by atoms with E-state index in [4.69, 9.17) is 18.4 Å². The Morgan fingerprint density at radius 2 is 1.56 bits per heavy atom. The van der Waals surface area contributed by atoms with E-state index >= 15 is 0 Å². The van der Waals surface area contributed by atoms with Gasteiger partial charge < -0.3 is 19.3 Å². The Bertz CT molecular complexity index is 860. The second-order valence-corrected chi connectivity index (χ2v) is 7.60. The molecule has 0 bridgehead atoms. The molecule has 0 spiro atoms. The third-order valence-corrected chi connectivity index (χ3v) is 5.13. The zero-order valence-electron chi connectivity index (χ0n) is 15.8.